The van der Waals surface area contributed by atoms with Crippen LogP contribution >= 0.6 is 0 Å². The molecule has 3 aromatic rings. The van der Waals surface area contributed by atoms with Crippen LogP contribution in [0.2, 0.25) is 0 Å². The van der Waals surface area contributed by atoms with Gasteiger partial charge >= 0.3 is 0 Å². The van der Waals surface area contributed by atoms with Crippen LogP contribution in [0, 0.1) is 5.92 Å². The maximum absolute atomic E-state index is 13.9. The molecule has 1 aliphatic heterocycles. The summed E-state index contributed by atoms with van der Waals surface area (Å²) < 4.78 is 40.5. The summed E-state index contributed by atoms with van der Waals surface area (Å²) in [5.41, 5.74) is 1.06. The molecular formula is C31H39N5O6S. The third-order valence-electron chi connectivity index (χ3n) is 8.00. The minimum atomic E-state index is -3.97. The lowest BCUT2D eigenvalue weighted by Gasteiger charge is -2.31. The van der Waals surface area contributed by atoms with Crippen molar-refractivity contribution in [3.8, 4) is 0 Å². The molecule has 11 nitrogen and oxygen atoms in total. The predicted molar refractivity (Wildman–Crippen MR) is 162 cm³/mol. The number of ether oxygens (including phenoxy) is 1. The van der Waals surface area contributed by atoms with Crippen LogP contribution < -0.4 is 10.0 Å². The van der Waals surface area contributed by atoms with E-state index in [1.54, 1.807) is 48.2 Å². The molecule has 2 heterocycles. The van der Waals surface area contributed by atoms with E-state index < -0.39 is 33.8 Å². The minimum Gasteiger partial charge on any atom is -0.434 e. The Hall–Kier alpha value is -3.77. The fourth-order valence-corrected chi connectivity index (χ4v) is 6.63. The number of para-hydroxylation sites is 2. The number of morpholine rings is 1. The summed E-state index contributed by atoms with van der Waals surface area (Å²) in [6.45, 7) is 3.45. The SMILES string of the molecule is CC[C@H](NC(=O)[C@@H](CC1CCCCC1)N=C(NS(=O)(=O)c1ccccc1)N1CCOCC1)C(=O)c1nc2ccccc2o1. The number of fused-ring (bicyclic) bond motifs is 1. The zero-order valence-electron chi connectivity index (χ0n) is 24.4. The van der Waals surface area contributed by atoms with E-state index in [4.69, 9.17) is 14.1 Å². The minimum absolute atomic E-state index is 0.0645. The molecule has 1 saturated carbocycles. The number of sulfonamides is 1. The predicted octanol–water partition coefficient (Wildman–Crippen LogP) is 3.91. The third-order valence-corrected chi connectivity index (χ3v) is 9.34. The Morgan fingerprint density at radius 1 is 1.02 bits per heavy atom. The molecule has 5 rings (SSSR count). The molecule has 2 N–H and O–H groups in total. The van der Waals surface area contributed by atoms with Gasteiger partial charge in [-0.25, -0.2) is 23.1 Å². The highest BCUT2D eigenvalue weighted by molar-refractivity contribution is 7.90. The summed E-state index contributed by atoms with van der Waals surface area (Å²) >= 11 is 0. The summed E-state index contributed by atoms with van der Waals surface area (Å²) in [6.07, 6.45) is 6.02. The second-order valence-corrected chi connectivity index (χ2v) is 12.7. The summed E-state index contributed by atoms with van der Waals surface area (Å²) in [7, 11) is -3.97. The molecule has 2 aliphatic rings. The van der Waals surface area contributed by atoms with E-state index in [9.17, 15) is 18.0 Å². The van der Waals surface area contributed by atoms with E-state index >= 15 is 0 Å². The number of hydrogen-bond donors (Lipinski definition) is 2. The number of nitrogens with zero attached hydrogens (tertiary/aromatic N) is 3. The number of carbonyl (C=O) groups is 2. The maximum atomic E-state index is 13.9. The number of aromatic nitrogens is 1. The number of Topliss-reactive ketones (excluding diaryl/α,β-unsaturated/α-hetero) is 1. The highest BCUT2D eigenvalue weighted by atomic mass is 32.2. The van der Waals surface area contributed by atoms with Gasteiger partial charge < -0.3 is 19.4 Å². The number of aliphatic imine (C=N–C) groups is 1. The quantitative estimate of drug-likeness (QED) is 0.200. The maximum Gasteiger partial charge on any atom is 0.266 e. The van der Waals surface area contributed by atoms with Gasteiger partial charge in [-0.2, -0.15) is 0 Å². The van der Waals surface area contributed by atoms with Crippen molar-refractivity contribution in [3.05, 3.63) is 60.5 Å². The lowest BCUT2D eigenvalue weighted by molar-refractivity contribution is -0.123. The zero-order chi connectivity index (χ0) is 30.2. The molecule has 0 unspecified atom stereocenters. The standard InChI is InChI=1S/C31H39N5O6S/c1-2-24(28(37)30-33-25-15-9-10-16-27(25)42-30)32-29(38)26(21-22-11-5-3-6-12-22)34-31(36-17-19-41-20-18-36)35-43(39,40)23-13-7-4-8-14-23/h4,7-10,13-16,22,24,26H,2-3,5-6,11-12,17-21H2,1H3,(H,32,38)(H,34,35)/t24-,26+/m0/s1. The van der Waals surface area contributed by atoms with Crippen LogP contribution in [-0.2, 0) is 19.6 Å². The molecular weight excluding hydrogens is 570 g/mol. The fourth-order valence-electron chi connectivity index (χ4n) is 5.58. The number of carbonyl (C=O) groups excluding carboxylic acids is 2. The number of rotatable bonds is 10. The van der Waals surface area contributed by atoms with Crippen molar-refractivity contribution in [2.24, 2.45) is 10.9 Å². The highest BCUT2D eigenvalue weighted by Gasteiger charge is 2.32. The lowest BCUT2D eigenvalue weighted by atomic mass is 9.84. The van der Waals surface area contributed by atoms with Gasteiger partial charge in [-0.1, -0.05) is 69.4 Å². The van der Waals surface area contributed by atoms with E-state index in [-0.39, 0.29) is 22.7 Å². The van der Waals surface area contributed by atoms with Gasteiger partial charge in [0.15, 0.2) is 5.58 Å². The molecule has 1 saturated heterocycles. The van der Waals surface area contributed by atoms with Gasteiger partial charge in [0.2, 0.25) is 17.6 Å². The summed E-state index contributed by atoms with van der Waals surface area (Å²) in [6, 6.07) is 13.4. The van der Waals surface area contributed by atoms with Crippen molar-refractivity contribution < 1.29 is 27.2 Å². The Kier molecular flexibility index (Phi) is 10.1. The van der Waals surface area contributed by atoms with Crippen molar-refractivity contribution in [1.82, 2.24) is 19.9 Å². The van der Waals surface area contributed by atoms with Gasteiger partial charge in [-0.3, -0.25) is 9.59 Å². The molecule has 0 spiro atoms. The summed E-state index contributed by atoms with van der Waals surface area (Å²) in [5.74, 6) is -0.568. The summed E-state index contributed by atoms with van der Waals surface area (Å²) in [5, 5.41) is 2.89. The summed E-state index contributed by atoms with van der Waals surface area (Å²) in [4.78, 5) is 38.3. The van der Waals surface area contributed by atoms with Gasteiger partial charge in [0.1, 0.15) is 11.6 Å². The van der Waals surface area contributed by atoms with Gasteiger partial charge in [-0.15, -0.1) is 0 Å². The van der Waals surface area contributed by atoms with E-state index in [1.165, 1.54) is 12.1 Å². The Morgan fingerprint density at radius 2 is 1.72 bits per heavy atom. The molecule has 1 aromatic heterocycles. The van der Waals surface area contributed by atoms with E-state index in [2.05, 4.69) is 15.0 Å². The Bertz CT molecular complexity index is 1500. The molecule has 2 fully saturated rings. The van der Waals surface area contributed by atoms with E-state index in [0.717, 1.165) is 32.1 Å². The number of hydrogen-bond acceptors (Lipinski definition) is 8. The van der Waals surface area contributed by atoms with E-state index in [1.807, 2.05) is 6.07 Å². The van der Waals surface area contributed by atoms with Crippen LogP contribution in [0.15, 0.2) is 68.9 Å². The van der Waals surface area contributed by atoms with Gasteiger partial charge in [-0.05, 0) is 43.0 Å². The largest absolute Gasteiger partial charge is 0.434 e. The number of benzene rings is 2. The zero-order valence-corrected chi connectivity index (χ0v) is 25.2. The van der Waals surface area contributed by atoms with Gasteiger partial charge in [0.25, 0.3) is 15.9 Å². The normalized spacial score (nSPS) is 18.3. The molecule has 2 atom stereocenters. The number of guanidine groups is 1. The van der Waals surface area contributed by atoms with Crippen LogP contribution in [0.25, 0.3) is 11.1 Å². The molecule has 2 aromatic carbocycles. The Labute approximate surface area is 252 Å². The van der Waals surface area contributed by atoms with Crippen molar-refractivity contribution >= 4 is 38.8 Å². The number of oxazole rings is 1. The molecule has 0 radical (unpaired) electrons. The van der Waals surface area contributed by atoms with Crippen molar-refractivity contribution in [3.63, 3.8) is 0 Å². The Balaban J connectivity index is 1.43. The molecule has 12 heteroatoms. The van der Waals surface area contributed by atoms with Crippen molar-refractivity contribution in [1.29, 1.82) is 0 Å². The molecule has 1 aliphatic carbocycles. The van der Waals surface area contributed by atoms with Crippen molar-refractivity contribution in [2.45, 2.75) is 68.8 Å². The van der Waals surface area contributed by atoms with Crippen molar-refractivity contribution in [2.75, 3.05) is 26.3 Å². The van der Waals surface area contributed by atoms with Crippen LogP contribution in [0.5, 0.6) is 0 Å². The van der Waals surface area contributed by atoms with E-state index in [0.29, 0.717) is 50.2 Å². The first-order valence-corrected chi connectivity index (χ1v) is 16.5. The third kappa shape index (κ3) is 7.80. The van der Waals surface area contributed by atoms with Crippen LogP contribution in [-0.4, -0.2) is 74.3 Å². The fraction of sp³-hybridized carbons (Fsp3) is 0.484. The first kappa shape index (κ1) is 30.7. The highest BCUT2D eigenvalue weighted by Crippen LogP contribution is 2.28. The Morgan fingerprint density at radius 3 is 2.42 bits per heavy atom. The van der Waals surface area contributed by atoms with Gasteiger partial charge in [0, 0.05) is 13.1 Å². The number of ketones is 1. The average Bonchev–Trinajstić information content (AvgIpc) is 3.48. The van der Waals surface area contributed by atoms with Crippen LogP contribution in [0.1, 0.15) is 62.6 Å². The molecule has 0 bridgehead atoms. The number of nitrogens with one attached hydrogen (secondary N) is 2. The second kappa shape index (κ2) is 14.1. The average molecular weight is 610 g/mol. The molecule has 1 amide bonds. The first-order valence-electron chi connectivity index (χ1n) is 15.0. The molecule has 230 valence electrons. The smallest absolute Gasteiger partial charge is 0.266 e. The second-order valence-electron chi connectivity index (χ2n) is 11.0. The lowest BCUT2D eigenvalue weighted by Crippen LogP contribution is -2.51. The number of amides is 1. The monoisotopic (exact) mass is 609 g/mol. The van der Waals surface area contributed by atoms with Crippen LogP contribution in [0.3, 0.4) is 0 Å². The molecule has 43 heavy (non-hydrogen) atoms. The van der Waals surface area contributed by atoms with Crippen LogP contribution in [0.4, 0.5) is 0 Å². The first-order chi connectivity index (χ1) is 20.8. The van der Waals surface area contributed by atoms with Gasteiger partial charge in [0.05, 0.1) is 24.2 Å². The topological polar surface area (TPSA) is 143 Å².